The maximum atomic E-state index is 4.45. The van der Waals surface area contributed by atoms with Crippen LogP contribution < -0.4 is 0 Å². The molecule has 0 radical (unpaired) electrons. The van der Waals surface area contributed by atoms with Crippen LogP contribution in [-0.2, 0) is 0 Å². The van der Waals surface area contributed by atoms with Gasteiger partial charge in [0.1, 0.15) is 0 Å². The van der Waals surface area contributed by atoms with Crippen LogP contribution in [0.3, 0.4) is 0 Å². The van der Waals surface area contributed by atoms with Crippen LogP contribution in [0.2, 0.25) is 0 Å². The van der Waals surface area contributed by atoms with E-state index in [0.29, 0.717) is 0 Å². The number of hydrogen-bond acceptors (Lipinski definition) is 1. The summed E-state index contributed by atoms with van der Waals surface area (Å²) in [6.45, 7) is 5.93. The molecule has 0 spiro atoms. The van der Waals surface area contributed by atoms with Gasteiger partial charge in [-0.25, -0.2) is 0 Å². The number of rotatable bonds is 1. The lowest BCUT2D eigenvalue weighted by molar-refractivity contribution is 1.40. The first kappa shape index (κ1) is 9.35. The molecule has 0 atom stereocenters. The fourth-order valence-corrected chi connectivity index (χ4v) is 2.18. The number of hydrogen-bond donors (Lipinski definition) is 1. The van der Waals surface area contributed by atoms with Gasteiger partial charge in [0.15, 0.2) is 0 Å². The third kappa shape index (κ3) is 1.34. The molecule has 0 aliphatic carbocycles. The highest BCUT2D eigenvalue weighted by Gasteiger charge is 2.04. The Hall–Kier alpha value is -1.21. The van der Waals surface area contributed by atoms with Gasteiger partial charge in [0.2, 0.25) is 0 Å². The van der Waals surface area contributed by atoms with Crippen molar-refractivity contribution in [3.05, 3.63) is 48.0 Å². The summed E-state index contributed by atoms with van der Waals surface area (Å²) in [6, 6.07) is 10.4. The van der Waals surface area contributed by atoms with Gasteiger partial charge >= 0.3 is 0 Å². The van der Waals surface area contributed by atoms with Gasteiger partial charge in [0.25, 0.3) is 0 Å². The van der Waals surface area contributed by atoms with Crippen molar-refractivity contribution >= 4 is 29.5 Å². The highest BCUT2D eigenvalue weighted by atomic mass is 32.1. The van der Waals surface area contributed by atoms with E-state index < -0.39 is 0 Å². The SMILES string of the molecule is C=Cc1c(S)cc(C)c2ccccc12. The predicted molar refractivity (Wildman–Crippen MR) is 66.0 cm³/mol. The summed E-state index contributed by atoms with van der Waals surface area (Å²) in [6.07, 6.45) is 1.87. The molecule has 0 unspecified atom stereocenters. The minimum absolute atomic E-state index is 0.996. The highest BCUT2D eigenvalue weighted by molar-refractivity contribution is 7.80. The average Bonchev–Trinajstić information content (AvgIpc) is 2.18. The van der Waals surface area contributed by atoms with Crippen LogP contribution in [0, 0.1) is 6.92 Å². The Kier molecular flexibility index (Phi) is 2.34. The molecule has 0 amide bonds. The van der Waals surface area contributed by atoms with Crippen LogP contribution in [-0.4, -0.2) is 0 Å². The second kappa shape index (κ2) is 3.50. The smallest absolute Gasteiger partial charge is 0.0121 e. The van der Waals surface area contributed by atoms with Gasteiger partial charge in [0.05, 0.1) is 0 Å². The lowest BCUT2D eigenvalue weighted by Gasteiger charge is -2.08. The fourth-order valence-electron chi connectivity index (χ4n) is 1.77. The third-order valence-corrected chi connectivity index (χ3v) is 2.85. The van der Waals surface area contributed by atoms with Crippen molar-refractivity contribution in [2.45, 2.75) is 11.8 Å². The average molecular weight is 200 g/mol. The van der Waals surface area contributed by atoms with Gasteiger partial charge in [-0.05, 0) is 34.9 Å². The zero-order chi connectivity index (χ0) is 10.1. The Morgan fingerprint density at radius 3 is 2.50 bits per heavy atom. The van der Waals surface area contributed by atoms with E-state index in [-0.39, 0.29) is 0 Å². The Morgan fingerprint density at radius 1 is 1.21 bits per heavy atom. The van der Waals surface area contributed by atoms with E-state index in [9.17, 15) is 0 Å². The Labute approximate surface area is 89.7 Å². The molecule has 0 N–H and O–H groups in total. The van der Waals surface area contributed by atoms with Gasteiger partial charge in [-0.15, -0.1) is 12.6 Å². The van der Waals surface area contributed by atoms with E-state index in [4.69, 9.17) is 0 Å². The van der Waals surface area contributed by atoms with Crippen molar-refractivity contribution in [1.29, 1.82) is 0 Å². The van der Waals surface area contributed by atoms with Crippen molar-refractivity contribution in [3.63, 3.8) is 0 Å². The van der Waals surface area contributed by atoms with E-state index in [2.05, 4.69) is 50.4 Å². The summed E-state index contributed by atoms with van der Waals surface area (Å²) in [5.74, 6) is 0. The highest BCUT2D eigenvalue weighted by Crippen LogP contribution is 2.28. The third-order valence-electron chi connectivity index (χ3n) is 2.48. The topological polar surface area (TPSA) is 0 Å². The zero-order valence-corrected chi connectivity index (χ0v) is 9.01. The van der Waals surface area contributed by atoms with Gasteiger partial charge in [-0.1, -0.05) is 36.9 Å². The Morgan fingerprint density at radius 2 is 1.86 bits per heavy atom. The summed E-state index contributed by atoms with van der Waals surface area (Å²) in [7, 11) is 0. The molecule has 0 aliphatic heterocycles. The van der Waals surface area contributed by atoms with E-state index in [0.717, 1.165) is 10.5 Å². The van der Waals surface area contributed by atoms with Crippen LogP contribution in [0.25, 0.3) is 16.8 Å². The molecule has 0 aromatic heterocycles. The minimum atomic E-state index is 0.996. The first-order valence-corrected chi connectivity index (χ1v) is 5.02. The number of fused-ring (bicyclic) bond motifs is 1. The molecule has 0 nitrogen and oxygen atoms in total. The van der Waals surface area contributed by atoms with Crippen molar-refractivity contribution in [2.75, 3.05) is 0 Å². The summed E-state index contributed by atoms with van der Waals surface area (Å²) in [5.41, 5.74) is 2.38. The molecule has 0 fully saturated rings. The molecule has 0 bridgehead atoms. The molecule has 70 valence electrons. The molecule has 1 heteroatoms. The molecule has 2 aromatic carbocycles. The molecule has 0 heterocycles. The molecule has 0 saturated carbocycles. The summed E-state index contributed by atoms with van der Waals surface area (Å²) >= 11 is 4.45. The molecule has 14 heavy (non-hydrogen) atoms. The summed E-state index contributed by atoms with van der Waals surface area (Å²) in [4.78, 5) is 0.996. The Bertz CT molecular complexity index is 498. The number of aryl methyl sites for hydroxylation is 1. The summed E-state index contributed by atoms with van der Waals surface area (Å²) < 4.78 is 0. The fraction of sp³-hybridized carbons (Fsp3) is 0.0769. The normalized spacial score (nSPS) is 10.4. The van der Waals surface area contributed by atoms with Crippen LogP contribution >= 0.6 is 12.6 Å². The lowest BCUT2D eigenvalue weighted by atomic mass is 10.0. The minimum Gasteiger partial charge on any atom is -0.143 e. The van der Waals surface area contributed by atoms with Crippen molar-refractivity contribution in [2.24, 2.45) is 0 Å². The molecule has 2 aromatic rings. The first-order chi connectivity index (χ1) is 6.74. The van der Waals surface area contributed by atoms with Gasteiger partial charge < -0.3 is 0 Å². The largest absolute Gasteiger partial charge is 0.143 e. The molecular formula is C13H12S. The van der Waals surface area contributed by atoms with Crippen LogP contribution in [0.15, 0.2) is 41.8 Å². The predicted octanol–water partition coefficient (Wildman–Crippen LogP) is 4.08. The van der Waals surface area contributed by atoms with Crippen LogP contribution in [0.1, 0.15) is 11.1 Å². The standard InChI is InChI=1S/C13H12S/c1-3-10-12-7-5-4-6-11(12)9(2)8-13(10)14/h3-8,14H,1H2,2H3. The zero-order valence-electron chi connectivity index (χ0n) is 8.12. The second-order valence-electron chi connectivity index (χ2n) is 3.38. The Balaban J connectivity index is 2.97. The van der Waals surface area contributed by atoms with E-state index >= 15 is 0 Å². The van der Waals surface area contributed by atoms with Gasteiger partial charge in [-0.2, -0.15) is 0 Å². The van der Waals surface area contributed by atoms with Crippen molar-refractivity contribution in [1.82, 2.24) is 0 Å². The van der Waals surface area contributed by atoms with E-state index in [1.807, 2.05) is 12.1 Å². The van der Waals surface area contributed by atoms with Crippen molar-refractivity contribution < 1.29 is 0 Å². The molecule has 2 rings (SSSR count). The van der Waals surface area contributed by atoms with Crippen molar-refractivity contribution in [3.8, 4) is 0 Å². The molecule has 0 aliphatic rings. The number of thiol groups is 1. The second-order valence-corrected chi connectivity index (χ2v) is 3.86. The molecular weight excluding hydrogens is 188 g/mol. The van der Waals surface area contributed by atoms with E-state index in [1.54, 1.807) is 0 Å². The first-order valence-electron chi connectivity index (χ1n) is 4.58. The maximum Gasteiger partial charge on any atom is 0.0121 e. The maximum absolute atomic E-state index is 4.45. The quantitative estimate of drug-likeness (QED) is 0.659. The van der Waals surface area contributed by atoms with Gasteiger partial charge in [-0.3, -0.25) is 0 Å². The van der Waals surface area contributed by atoms with Crippen LogP contribution in [0.5, 0.6) is 0 Å². The number of benzene rings is 2. The molecule has 0 saturated heterocycles. The lowest BCUT2D eigenvalue weighted by Crippen LogP contribution is -1.84. The van der Waals surface area contributed by atoms with Gasteiger partial charge in [0, 0.05) is 4.90 Å². The summed E-state index contributed by atoms with van der Waals surface area (Å²) in [5, 5.41) is 2.51. The monoisotopic (exact) mass is 200 g/mol. The van der Waals surface area contributed by atoms with Crippen LogP contribution in [0.4, 0.5) is 0 Å². The van der Waals surface area contributed by atoms with E-state index in [1.165, 1.54) is 16.3 Å².